The van der Waals surface area contributed by atoms with Gasteiger partial charge in [-0.2, -0.15) is 5.10 Å². The molecular weight excluding hydrogens is 326 g/mol. The van der Waals surface area contributed by atoms with E-state index >= 15 is 0 Å². The summed E-state index contributed by atoms with van der Waals surface area (Å²) in [6, 6.07) is 7.48. The van der Waals surface area contributed by atoms with Crippen molar-refractivity contribution in [1.29, 1.82) is 0 Å². The number of para-hydroxylation sites is 1. The number of carbonyl (C=O) groups excluding carboxylic acids is 1. The van der Waals surface area contributed by atoms with Gasteiger partial charge in [0, 0.05) is 38.6 Å². The van der Waals surface area contributed by atoms with Crippen LogP contribution in [0.3, 0.4) is 0 Å². The Hall–Kier alpha value is -1.85. The normalized spacial score (nSPS) is 15.7. The van der Waals surface area contributed by atoms with Crippen molar-refractivity contribution in [1.82, 2.24) is 14.7 Å². The SMILES string of the molecule is COCC1CCN(C(=O)c2nn(-c3ccccc3Cl)cc2C)CC1. The van der Waals surface area contributed by atoms with Crippen molar-refractivity contribution in [3.8, 4) is 5.69 Å². The first-order valence-corrected chi connectivity index (χ1v) is 8.57. The van der Waals surface area contributed by atoms with Crippen molar-refractivity contribution in [3.63, 3.8) is 0 Å². The summed E-state index contributed by atoms with van der Waals surface area (Å²) in [6.45, 7) is 4.18. The zero-order chi connectivity index (χ0) is 17.1. The average molecular weight is 348 g/mol. The van der Waals surface area contributed by atoms with Gasteiger partial charge in [0.1, 0.15) is 0 Å². The molecule has 0 atom stereocenters. The lowest BCUT2D eigenvalue weighted by Gasteiger charge is -2.31. The number of ether oxygens (including phenoxy) is 1. The fraction of sp³-hybridized carbons (Fsp3) is 0.444. The molecule has 0 N–H and O–H groups in total. The van der Waals surface area contributed by atoms with Crippen LogP contribution in [0.2, 0.25) is 5.02 Å². The summed E-state index contributed by atoms with van der Waals surface area (Å²) in [5.74, 6) is 0.537. The van der Waals surface area contributed by atoms with E-state index < -0.39 is 0 Å². The van der Waals surface area contributed by atoms with Gasteiger partial charge in [0.05, 0.1) is 10.7 Å². The van der Waals surface area contributed by atoms with Crippen molar-refractivity contribution >= 4 is 17.5 Å². The number of aryl methyl sites for hydroxylation is 1. The molecule has 6 heteroatoms. The molecule has 128 valence electrons. The Morgan fingerprint density at radius 3 is 2.71 bits per heavy atom. The molecule has 1 aliphatic heterocycles. The number of methoxy groups -OCH3 is 1. The van der Waals surface area contributed by atoms with Gasteiger partial charge in [-0.25, -0.2) is 4.68 Å². The Morgan fingerprint density at radius 2 is 2.04 bits per heavy atom. The highest BCUT2D eigenvalue weighted by Gasteiger charge is 2.26. The van der Waals surface area contributed by atoms with Crippen LogP contribution in [0, 0.1) is 12.8 Å². The lowest BCUT2D eigenvalue weighted by Crippen LogP contribution is -2.39. The van der Waals surface area contributed by atoms with Crippen LogP contribution in [0.1, 0.15) is 28.9 Å². The molecule has 0 aliphatic carbocycles. The molecule has 0 saturated carbocycles. The van der Waals surface area contributed by atoms with Crippen LogP contribution in [-0.2, 0) is 4.74 Å². The standard InChI is InChI=1S/C18H22ClN3O2/c1-13-11-22(16-6-4-3-5-15(16)19)20-17(13)18(23)21-9-7-14(8-10-21)12-24-2/h3-6,11,14H,7-10,12H2,1-2H3. The van der Waals surface area contributed by atoms with Gasteiger partial charge in [-0.3, -0.25) is 4.79 Å². The van der Waals surface area contributed by atoms with Gasteiger partial charge in [0.25, 0.3) is 5.91 Å². The Kier molecular flexibility index (Phi) is 5.21. The molecule has 1 amide bonds. The Balaban J connectivity index is 1.76. The number of amides is 1. The summed E-state index contributed by atoms with van der Waals surface area (Å²) in [5, 5.41) is 5.10. The van der Waals surface area contributed by atoms with Crippen molar-refractivity contribution < 1.29 is 9.53 Å². The van der Waals surface area contributed by atoms with Crippen LogP contribution < -0.4 is 0 Å². The van der Waals surface area contributed by atoms with Crippen molar-refractivity contribution in [3.05, 3.63) is 46.7 Å². The van der Waals surface area contributed by atoms with Gasteiger partial charge in [-0.05, 0) is 37.8 Å². The summed E-state index contributed by atoms with van der Waals surface area (Å²) in [4.78, 5) is 14.7. The molecule has 24 heavy (non-hydrogen) atoms. The first-order valence-electron chi connectivity index (χ1n) is 8.19. The zero-order valence-corrected chi connectivity index (χ0v) is 14.8. The lowest BCUT2D eigenvalue weighted by atomic mass is 9.97. The lowest BCUT2D eigenvalue weighted by molar-refractivity contribution is 0.0607. The number of aromatic nitrogens is 2. The second-order valence-corrected chi connectivity index (χ2v) is 6.65. The molecule has 3 rings (SSSR count). The third kappa shape index (κ3) is 3.47. The molecule has 5 nitrogen and oxygen atoms in total. The maximum absolute atomic E-state index is 12.8. The minimum atomic E-state index is -0.00540. The number of halogens is 1. The molecule has 1 aromatic carbocycles. The van der Waals surface area contributed by atoms with Gasteiger partial charge in [-0.1, -0.05) is 23.7 Å². The number of hydrogen-bond donors (Lipinski definition) is 0. The van der Waals surface area contributed by atoms with Crippen LogP contribution in [0.25, 0.3) is 5.69 Å². The molecule has 1 fully saturated rings. The quantitative estimate of drug-likeness (QED) is 0.852. The van der Waals surface area contributed by atoms with Crippen LogP contribution >= 0.6 is 11.6 Å². The number of rotatable bonds is 4. The highest BCUT2D eigenvalue weighted by molar-refractivity contribution is 6.32. The van der Waals surface area contributed by atoms with Crippen molar-refractivity contribution in [2.45, 2.75) is 19.8 Å². The van der Waals surface area contributed by atoms with Crippen LogP contribution in [0.15, 0.2) is 30.5 Å². The minimum absolute atomic E-state index is 0.00540. The van der Waals surface area contributed by atoms with E-state index in [0.717, 1.165) is 43.8 Å². The van der Waals surface area contributed by atoms with E-state index in [1.165, 1.54) is 0 Å². The summed E-state index contributed by atoms with van der Waals surface area (Å²) < 4.78 is 6.90. The molecular formula is C18H22ClN3O2. The summed E-state index contributed by atoms with van der Waals surface area (Å²) in [7, 11) is 1.72. The topological polar surface area (TPSA) is 47.4 Å². The number of nitrogens with zero attached hydrogens (tertiary/aromatic N) is 3. The van der Waals surface area contributed by atoms with E-state index in [0.29, 0.717) is 16.6 Å². The number of likely N-dealkylation sites (tertiary alicyclic amines) is 1. The Bertz CT molecular complexity index is 721. The second-order valence-electron chi connectivity index (χ2n) is 6.25. The van der Waals surface area contributed by atoms with E-state index in [1.807, 2.05) is 42.3 Å². The maximum Gasteiger partial charge on any atom is 0.274 e. The predicted octanol–water partition coefficient (Wildman–Crippen LogP) is 3.33. The largest absolute Gasteiger partial charge is 0.384 e. The highest BCUT2D eigenvalue weighted by Crippen LogP contribution is 2.23. The van der Waals surface area contributed by atoms with E-state index in [1.54, 1.807) is 11.8 Å². The third-order valence-corrected chi connectivity index (χ3v) is 4.82. The fourth-order valence-corrected chi connectivity index (χ4v) is 3.34. The van der Waals surface area contributed by atoms with E-state index in [2.05, 4.69) is 5.10 Å². The third-order valence-electron chi connectivity index (χ3n) is 4.50. The molecule has 0 radical (unpaired) electrons. The smallest absolute Gasteiger partial charge is 0.274 e. The minimum Gasteiger partial charge on any atom is -0.384 e. The van der Waals surface area contributed by atoms with Gasteiger partial charge in [-0.15, -0.1) is 0 Å². The van der Waals surface area contributed by atoms with Crippen molar-refractivity contribution in [2.24, 2.45) is 5.92 Å². The number of benzene rings is 1. The summed E-state index contributed by atoms with van der Waals surface area (Å²) >= 11 is 6.23. The summed E-state index contributed by atoms with van der Waals surface area (Å²) in [6.07, 6.45) is 3.81. The van der Waals surface area contributed by atoms with Gasteiger partial charge in [0.15, 0.2) is 5.69 Å². The van der Waals surface area contributed by atoms with E-state index in [-0.39, 0.29) is 5.91 Å². The predicted molar refractivity (Wildman–Crippen MR) is 93.8 cm³/mol. The van der Waals surface area contributed by atoms with Crippen LogP contribution in [-0.4, -0.2) is 47.4 Å². The van der Waals surface area contributed by atoms with Gasteiger partial charge < -0.3 is 9.64 Å². The Labute approximate surface area is 147 Å². The molecule has 2 heterocycles. The average Bonchev–Trinajstić information content (AvgIpc) is 2.97. The number of carbonyl (C=O) groups is 1. The Morgan fingerprint density at radius 1 is 1.33 bits per heavy atom. The first kappa shape index (κ1) is 17.0. The molecule has 0 bridgehead atoms. The molecule has 1 saturated heterocycles. The van der Waals surface area contributed by atoms with Gasteiger partial charge >= 0.3 is 0 Å². The van der Waals surface area contributed by atoms with Crippen LogP contribution in [0.4, 0.5) is 0 Å². The first-order chi connectivity index (χ1) is 11.6. The second kappa shape index (κ2) is 7.36. The molecule has 1 aliphatic rings. The molecule has 0 unspecified atom stereocenters. The zero-order valence-electron chi connectivity index (χ0n) is 14.0. The van der Waals surface area contributed by atoms with E-state index in [9.17, 15) is 4.79 Å². The molecule has 1 aromatic heterocycles. The summed E-state index contributed by atoms with van der Waals surface area (Å²) in [5.41, 5.74) is 2.14. The highest BCUT2D eigenvalue weighted by atomic mass is 35.5. The van der Waals surface area contributed by atoms with Gasteiger partial charge in [0.2, 0.25) is 0 Å². The van der Waals surface area contributed by atoms with E-state index in [4.69, 9.17) is 16.3 Å². The van der Waals surface area contributed by atoms with Crippen molar-refractivity contribution in [2.75, 3.05) is 26.8 Å². The molecule has 2 aromatic rings. The maximum atomic E-state index is 12.8. The monoisotopic (exact) mass is 347 g/mol. The number of piperidine rings is 1. The van der Waals surface area contributed by atoms with Crippen LogP contribution in [0.5, 0.6) is 0 Å². The number of hydrogen-bond acceptors (Lipinski definition) is 3. The fourth-order valence-electron chi connectivity index (χ4n) is 3.12. The molecule has 0 spiro atoms.